The third-order valence-corrected chi connectivity index (χ3v) is 5.65. The molecule has 1 N–H and O–H groups in total. The van der Waals surface area contributed by atoms with Crippen LogP contribution >= 0.6 is 0 Å². The summed E-state index contributed by atoms with van der Waals surface area (Å²) in [6.45, 7) is 5.73. The molecule has 1 aromatic heterocycles. The summed E-state index contributed by atoms with van der Waals surface area (Å²) < 4.78 is 1.74. The summed E-state index contributed by atoms with van der Waals surface area (Å²) in [4.78, 5) is 13.5. The van der Waals surface area contributed by atoms with Crippen LogP contribution in [0.1, 0.15) is 68.4 Å². The lowest BCUT2D eigenvalue weighted by Gasteiger charge is -2.36. The van der Waals surface area contributed by atoms with Crippen molar-refractivity contribution < 1.29 is 9.90 Å². The van der Waals surface area contributed by atoms with Gasteiger partial charge >= 0.3 is 5.97 Å². The monoisotopic (exact) mass is 320 g/mol. The first-order chi connectivity index (χ1) is 11.2. The van der Waals surface area contributed by atoms with Crippen LogP contribution in [0.4, 0.5) is 0 Å². The summed E-state index contributed by atoms with van der Waals surface area (Å²) in [6, 6.07) is 0.293. The molecule has 128 valence electrons. The number of aromatic nitrogens is 3. The minimum atomic E-state index is -1.00. The van der Waals surface area contributed by atoms with Crippen molar-refractivity contribution >= 4 is 5.97 Å². The molecule has 3 rings (SSSR count). The first-order valence-electron chi connectivity index (χ1n) is 9.03. The lowest BCUT2D eigenvalue weighted by molar-refractivity contribution is 0.0690. The Morgan fingerprint density at radius 2 is 2.00 bits per heavy atom. The lowest BCUT2D eigenvalue weighted by Crippen LogP contribution is -2.39. The SMILES string of the molecule is CCC1CCCC(CN2CCC(n3cc(C(=O)O)nn3)CC2)C1. The molecule has 2 unspecified atom stereocenters. The molecule has 0 radical (unpaired) electrons. The zero-order valence-corrected chi connectivity index (χ0v) is 14.0. The van der Waals surface area contributed by atoms with Gasteiger partial charge in [0.15, 0.2) is 5.69 Å². The number of hydrogen-bond acceptors (Lipinski definition) is 4. The van der Waals surface area contributed by atoms with Crippen molar-refractivity contribution in [3.05, 3.63) is 11.9 Å². The van der Waals surface area contributed by atoms with Gasteiger partial charge in [0.05, 0.1) is 12.2 Å². The maximum absolute atomic E-state index is 10.9. The molecule has 6 heteroatoms. The summed E-state index contributed by atoms with van der Waals surface area (Å²) in [5.41, 5.74) is 0.0419. The van der Waals surface area contributed by atoms with Gasteiger partial charge < -0.3 is 10.0 Å². The van der Waals surface area contributed by atoms with Crippen LogP contribution in [-0.4, -0.2) is 50.6 Å². The predicted octanol–water partition coefficient (Wildman–Crippen LogP) is 2.83. The summed E-state index contributed by atoms with van der Waals surface area (Å²) >= 11 is 0. The molecule has 1 aliphatic carbocycles. The average Bonchev–Trinajstić information content (AvgIpc) is 3.06. The fourth-order valence-electron chi connectivity index (χ4n) is 4.22. The minimum Gasteiger partial charge on any atom is -0.476 e. The lowest BCUT2D eigenvalue weighted by atomic mass is 9.80. The summed E-state index contributed by atoms with van der Waals surface area (Å²) in [7, 11) is 0. The van der Waals surface area contributed by atoms with Gasteiger partial charge in [-0.25, -0.2) is 9.48 Å². The molecule has 2 heterocycles. The van der Waals surface area contributed by atoms with Crippen LogP contribution in [0.3, 0.4) is 0 Å². The van der Waals surface area contributed by atoms with Gasteiger partial charge in [0.25, 0.3) is 0 Å². The fraction of sp³-hybridized carbons (Fsp3) is 0.824. The van der Waals surface area contributed by atoms with E-state index in [2.05, 4.69) is 22.1 Å². The standard InChI is InChI=1S/C17H28N4O2/c1-2-13-4-3-5-14(10-13)11-20-8-6-15(7-9-20)21-12-16(17(22)23)18-19-21/h12-15H,2-11H2,1H3,(H,22,23). The van der Waals surface area contributed by atoms with Crippen molar-refractivity contribution in [2.45, 2.75) is 57.9 Å². The highest BCUT2D eigenvalue weighted by atomic mass is 16.4. The molecule has 1 aromatic rings. The molecule has 2 fully saturated rings. The second-order valence-electron chi connectivity index (χ2n) is 7.23. The molecule has 23 heavy (non-hydrogen) atoms. The molecule has 1 aliphatic heterocycles. The zero-order valence-electron chi connectivity index (χ0n) is 14.0. The highest BCUT2D eigenvalue weighted by Gasteiger charge is 2.26. The molecule has 0 bridgehead atoms. The Kier molecular flexibility index (Phi) is 5.30. The summed E-state index contributed by atoms with van der Waals surface area (Å²) in [6.07, 6.45) is 10.6. The van der Waals surface area contributed by atoms with Gasteiger partial charge in [-0.2, -0.15) is 0 Å². The molecule has 0 aromatic carbocycles. The van der Waals surface area contributed by atoms with Crippen LogP contribution in [-0.2, 0) is 0 Å². The third kappa shape index (κ3) is 4.10. The van der Waals surface area contributed by atoms with Crippen molar-refractivity contribution in [3.8, 4) is 0 Å². The number of hydrogen-bond donors (Lipinski definition) is 1. The van der Waals surface area contributed by atoms with Crippen molar-refractivity contribution in [2.75, 3.05) is 19.6 Å². The van der Waals surface area contributed by atoms with E-state index < -0.39 is 5.97 Å². The highest BCUT2D eigenvalue weighted by molar-refractivity contribution is 5.84. The van der Waals surface area contributed by atoms with Crippen molar-refractivity contribution in [1.82, 2.24) is 19.9 Å². The zero-order chi connectivity index (χ0) is 16.2. The van der Waals surface area contributed by atoms with Crippen LogP contribution in [0.5, 0.6) is 0 Å². The first-order valence-corrected chi connectivity index (χ1v) is 9.03. The molecule has 2 atom stereocenters. The van der Waals surface area contributed by atoms with Crippen LogP contribution in [0.2, 0.25) is 0 Å². The maximum atomic E-state index is 10.9. The molecule has 1 saturated carbocycles. The number of carboxylic acid groups (broad SMARTS) is 1. The number of likely N-dealkylation sites (tertiary alicyclic amines) is 1. The van der Waals surface area contributed by atoms with E-state index in [9.17, 15) is 4.79 Å². The first kappa shape index (κ1) is 16.4. The Morgan fingerprint density at radius 1 is 1.26 bits per heavy atom. The second kappa shape index (κ2) is 7.43. The van der Waals surface area contributed by atoms with E-state index in [1.165, 1.54) is 38.6 Å². The predicted molar refractivity (Wildman–Crippen MR) is 87.4 cm³/mol. The maximum Gasteiger partial charge on any atom is 0.358 e. The van der Waals surface area contributed by atoms with Crippen molar-refractivity contribution in [2.24, 2.45) is 11.8 Å². The molecular weight excluding hydrogens is 292 g/mol. The Balaban J connectivity index is 1.47. The van der Waals surface area contributed by atoms with E-state index in [-0.39, 0.29) is 5.69 Å². The van der Waals surface area contributed by atoms with Gasteiger partial charge in [0.1, 0.15) is 0 Å². The van der Waals surface area contributed by atoms with Crippen molar-refractivity contribution in [1.29, 1.82) is 0 Å². The van der Waals surface area contributed by atoms with E-state index in [0.717, 1.165) is 37.8 Å². The molecule has 6 nitrogen and oxygen atoms in total. The van der Waals surface area contributed by atoms with Crippen LogP contribution in [0, 0.1) is 11.8 Å². The van der Waals surface area contributed by atoms with Gasteiger partial charge in [-0.05, 0) is 37.5 Å². The Hall–Kier alpha value is -1.43. The Bertz CT molecular complexity index is 522. The highest BCUT2D eigenvalue weighted by Crippen LogP contribution is 2.32. The number of carboxylic acids is 1. The average molecular weight is 320 g/mol. The number of nitrogens with zero attached hydrogens (tertiary/aromatic N) is 4. The van der Waals surface area contributed by atoms with Gasteiger partial charge in [-0.15, -0.1) is 5.10 Å². The van der Waals surface area contributed by atoms with Crippen molar-refractivity contribution in [3.63, 3.8) is 0 Å². The van der Waals surface area contributed by atoms with Crippen LogP contribution in [0.25, 0.3) is 0 Å². The molecule has 0 amide bonds. The number of piperidine rings is 1. The smallest absolute Gasteiger partial charge is 0.358 e. The number of rotatable bonds is 5. The van der Waals surface area contributed by atoms with Gasteiger partial charge in [-0.3, -0.25) is 0 Å². The quantitative estimate of drug-likeness (QED) is 0.903. The van der Waals surface area contributed by atoms with Crippen LogP contribution in [0.15, 0.2) is 6.20 Å². The topological polar surface area (TPSA) is 71.2 Å². The van der Waals surface area contributed by atoms with E-state index in [1.54, 1.807) is 10.9 Å². The Labute approximate surface area is 137 Å². The third-order valence-electron chi connectivity index (χ3n) is 5.65. The molecule has 2 aliphatic rings. The summed E-state index contributed by atoms with van der Waals surface area (Å²) in [5, 5.41) is 16.6. The number of aromatic carboxylic acids is 1. The van der Waals surface area contributed by atoms with Gasteiger partial charge in [-0.1, -0.05) is 31.4 Å². The van der Waals surface area contributed by atoms with E-state index in [0.29, 0.717) is 6.04 Å². The minimum absolute atomic E-state index is 0.0419. The largest absolute Gasteiger partial charge is 0.476 e. The molecule has 1 saturated heterocycles. The molecular formula is C17H28N4O2. The van der Waals surface area contributed by atoms with Gasteiger partial charge in [0.2, 0.25) is 0 Å². The van der Waals surface area contributed by atoms with Gasteiger partial charge in [0, 0.05) is 19.6 Å². The second-order valence-corrected chi connectivity index (χ2v) is 7.23. The van der Waals surface area contributed by atoms with E-state index in [1.807, 2.05) is 0 Å². The number of carbonyl (C=O) groups is 1. The van der Waals surface area contributed by atoms with E-state index >= 15 is 0 Å². The fourth-order valence-corrected chi connectivity index (χ4v) is 4.22. The summed E-state index contributed by atoms with van der Waals surface area (Å²) in [5.74, 6) is 0.808. The van der Waals surface area contributed by atoms with Crippen LogP contribution < -0.4 is 0 Å². The normalized spacial score (nSPS) is 27.2. The molecule has 0 spiro atoms. The van der Waals surface area contributed by atoms with E-state index in [4.69, 9.17) is 5.11 Å². The Morgan fingerprint density at radius 3 is 2.65 bits per heavy atom.